The number of halogens is 3. The van der Waals surface area contributed by atoms with Gasteiger partial charge in [0.2, 0.25) is 11.2 Å². The number of nitrogens with zero attached hydrogens (tertiary/aromatic N) is 2. The normalized spacial score (nSPS) is 13.1. The fraction of sp³-hybridized carbons (Fsp3) is 0.333. The molecule has 26 heavy (non-hydrogen) atoms. The average Bonchev–Trinajstić information content (AvgIpc) is 2.61. The fourth-order valence-corrected chi connectivity index (χ4v) is 3.54. The van der Waals surface area contributed by atoms with Crippen LogP contribution in [0.2, 0.25) is 0 Å². The van der Waals surface area contributed by atoms with E-state index in [9.17, 15) is 11.7 Å². The third-order valence-corrected chi connectivity index (χ3v) is 5.75. The standard InChI is InChI=1S/C18H22F3N3S2/c1-5-12(2)11-25-18-13(3)17(23-16(24-18)10-22-4)14-6-8-15(9-7-14)26(19,20)21/h6-9,11,22H,5,10H2,1-4H3/b12-11+. The van der Waals surface area contributed by atoms with Gasteiger partial charge < -0.3 is 5.32 Å². The van der Waals surface area contributed by atoms with Gasteiger partial charge in [0.25, 0.3) is 0 Å². The molecule has 0 unspecified atom stereocenters. The highest BCUT2D eigenvalue weighted by Crippen LogP contribution is 2.60. The summed E-state index contributed by atoms with van der Waals surface area (Å²) in [5, 5.41) is 5.89. The lowest BCUT2D eigenvalue weighted by molar-refractivity contribution is 0.633. The number of rotatable bonds is 7. The van der Waals surface area contributed by atoms with Crippen molar-refractivity contribution in [2.45, 2.75) is 43.7 Å². The van der Waals surface area contributed by atoms with Crippen LogP contribution in [0.3, 0.4) is 0 Å². The van der Waals surface area contributed by atoms with Crippen molar-refractivity contribution in [1.82, 2.24) is 15.3 Å². The molecule has 142 valence electrons. The molecule has 0 aliphatic rings. The molecule has 1 aromatic carbocycles. The van der Waals surface area contributed by atoms with Gasteiger partial charge in [-0.2, -0.15) is 0 Å². The van der Waals surface area contributed by atoms with Gasteiger partial charge in [-0.3, -0.25) is 0 Å². The molecule has 0 saturated heterocycles. The van der Waals surface area contributed by atoms with E-state index in [1.165, 1.54) is 29.5 Å². The largest absolute Gasteiger partial charge is 0.313 e. The van der Waals surface area contributed by atoms with Gasteiger partial charge in [-0.1, -0.05) is 36.4 Å². The number of hydrogen-bond acceptors (Lipinski definition) is 4. The van der Waals surface area contributed by atoms with Crippen LogP contribution in [0.15, 0.2) is 45.2 Å². The van der Waals surface area contributed by atoms with Crippen LogP contribution in [-0.2, 0) is 6.54 Å². The summed E-state index contributed by atoms with van der Waals surface area (Å²) in [6.45, 7) is 6.53. The second-order valence-electron chi connectivity index (χ2n) is 5.82. The fourth-order valence-electron chi connectivity index (χ4n) is 2.18. The van der Waals surface area contributed by atoms with Gasteiger partial charge in [0.15, 0.2) is 0 Å². The smallest absolute Gasteiger partial charge is 0.237 e. The molecule has 1 aromatic heterocycles. The van der Waals surface area contributed by atoms with E-state index in [0.717, 1.165) is 29.1 Å². The molecule has 0 saturated carbocycles. The minimum Gasteiger partial charge on any atom is -0.313 e. The molecule has 0 aliphatic carbocycles. The maximum absolute atomic E-state index is 12.9. The number of allylic oxidation sites excluding steroid dienone is 1. The van der Waals surface area contributed by atoms with E-state index in [-0.39, 0.29) is 0 Å². The van der Waals surface area contributed by atoms with E-state index >= 15 is 0 Å². The molecular weight excluding hydrogens is 379 g/mol. The van der Waals surface area contributed by atoms with Crippen molar-refractivity contribution in [1.29, 1.82) is 0 Å². The monoisotopic (exact) mass is 401 g/mol. The van der Waals surface area contributed by atoms with E-state index in [1.54, 1.807) is 7.05 Å². The van der Waals surface area contributed by atoms with Gasteiger partial charge in [0.05, 0.1) is 17.1 Å². The lowest BCUT2D eigenvalue weighted by Crippen LogP contribution is -2.11. The van der Waals surface area contributed by atoms with Crippen molar-refractivity contribution in [2.24, 2.45) is 0 Å². The Morgan fingerprint density at radius 3 is 2.38 bits per heavy atom. The average molecular weight is 402 g/mol. The summed E-state index contributed by atoms with van der Waals surface area (Å²) in [6.07, 6.45) is 0.953. The second-order valence-corrected chi connectivity index (χ2v) is 7.96. The van der Waals surface area contributed by atoms with Crippen molar-refractivity contribution >= 4 is 22.9 Å². The Hall–Kier alpha value is -1.51. The highest BCUT2D eigenvalue weighted by Gasteiger charge is 2.24. The minimum absolute atomic E-state index is 0.488. The summed E-state index contributed by atoms with van der Waals surface area (Å²) in [4.78, 5) is 8.55. The third-order valence-electron chi connectivity index (χ3n) is 3.81. The first kappa shape index (κ1) is 20.8. The Labute approximate surface area is 158 Å². The molecule has 0 aliphatic heterocycles. The number of thioether (sulfide) groups is 1. The van der Waals surface area contributed by atoms with E-state index in [2.05, 4.69) is 34.5 Å². The topological polar surface area (TPSA) is 37.8 Å². The molecule has 0 atom stereocenters. The molecule has 0 amide bonds. The first-order valence-electron chi connectivity index (χ1n) is 8.13. The number of benzene rings is 1. The molecule has 0 spiro atoms. The Kier molecular flexibility index (Phi) is 7.14. The van der Waals surface area contributed by atoms with Crippen LogP contribution in [0.4, 0.5) is 11.7 Å². The van der Waals surface area contributed by atoms with Crippen LogP contribution >= 0.6 is 22.9 Å². The summed E-state index contributed by atoms with van der Waals surface area (Å²) in [7, 11) is 1.80. The number of hydrogen-bond donors (Lipinski definition) is 1. The first-order valence-corrected chi connectivity index (χ1v) is 10.3. The summed E-state index contributed by atoms with van der Waals surface area (Å²) in [5.74, 6) is 0.615. The predicted molar refractivity (Wildman–Crippen MR) is 104 cm³/mol. The Morgan fingerprint density at radius 1 is 1.19 bits per heavy atom. The molecule has 1 heterocycles. The molecule has 2 rings (SSSR count). The Morgan fingerprint density at radius 2 is 1.85 bits per heavy atom. The third kappa shape index (κ3) is 5.25. The van der Waals surface area contributed by atoms with Gasteiger partial charge in [0, 0.05) is 11.1 Å². The van der Waals surface area contributed by atoms with E-state index in [0.29, 0.717) is 23.6 Å². The molecule has 8 heteroatoms. The van der Waals surface area contributed by atoms with Crippen molar-refractivity contribution in [2.75, 3.05) is 7.05 Å². The van der Waals surface area contributed by atoms with Crippen LogP contribution in [0.1, 0.15) is 31.7 Å². The molecule has 3 nitrogen and oxygen atoms in total. The van der Waals surface area contributed by atoms with Crippen molar-refractivity contribution in [3.63, 3.8) is 0 Å². The highest BCUT2D eigenvalue weighted by molar-refractivity contribution is 8.20. The van der Waals surface area contributed by atoms with E-state index in [1.807, 2.05) is 6.92 Å². The zero-order valence-corrected chi connectivity index (χ0v) is 16.8. The van der Waals surface area contributed by atoms with Crippen molar-refractivity contribution < 1.29 is 11.7 Å². The SMILES string of the molecule is CC/C(C)=C/Sc1nc(CNC)nc(-c2ccc(S(F)(F)F)cc2)c1C. The summed E-state index contributed by atoms with van der Waals surface area (Å²) >= 11 is -3.69. The first-order chi connectivity index (χ1) is 12.3. The van der Waals surface area contributed by atoms with E-state index in [4.69, 9.17) is 0 Å². The van der Waals surface area contributed by atoms with Crippen LogP contribution in [0.5, 0.6) is 0 Å². The Balaban J connectivity index is 2.48. The van der Waals surface area contributed by atoms with Gasteiger partial charge in [0.1, 0.15) is 10.9 Å². The summed E-state index contributed by atoms with van der Waals surface area (Å²) in [5.41, 5.74) is 3.43. The molecule has 0 fully saturated rings. The van der Waals surface area contributed by atoms with Crippen LogP contribution in [0, 0.1) is 6.92 Å². The lowest BCUT2D eigenvalue weighted by Gasteiger charge is -2.13. The number of nitrogens with one attached hydrogen (secondary N) is 1. The van der Waals surface area contributed by atoms with Gasteiger partial charge in [-0.15, -0.1) is 11.7 Å². The molecule has 0 radical (unpaired) electrons. The van der Waals surface area contributed by atoms with Crippen molar-refractivity contribution in [3.05, 3.63) is 46.6 Å². The highest BCUT2D eigenvalue weighted by atomic mass is 32.3. The second kappa shape index (κ2) is 8.92. The zero-order valence-electron chi connectivity index (χ0n) is 15.1. The molecule has 0 bridgehead atoms. The zero-order chi connectivity index (χ0) is 19.3. The lowest BCUT2D eigenvalue weighted by atomic mass is 10.1. The minimum atomic E-state index is -5.21. The number of aromatic nitrogens is 2. The van der Waals surface area contributed by atoms with Crippen LogP contribution < -0.4 is 5.32 Å². The van der Waals surface area contributed by atoms with Crippen molar-refractivity contribution in [3.8, 4) is 11.3 Å². The molecule has 2 aromatic rings. The van der Waals surface area contributed by atoms with Gasteiger partial charge in [-0.05, 0) is 44.9 Å². The predicted octanol–water partition coefficient (Wildman–Crippen LogP) is 6.39. The van der Waals surface area contributed by atoms with Crippen LogP contribution in [-0.4, -0.2) is 17.0 Å². The molecule has 1 N–H and O–H groups in total. The van der Waals surface area contributed by atoms with Gasteiger partial charge >= 0.3 is 0 Å². The maximum atomic E-state index is 12.9. The molecular formula is C18H22F3N3S2. The van der Waals surface area contributed by atoms with E-state index < -0.39 is 16.1 Å². The quantitative estimate of drug-likeness (QED) is 0.431. The van der Waals surface area contributed by atoms with Crippen LogP contribution in [0.25, 0.3) is 11.3 Å². The Bertz CT molecular complexity index is 788. The summed E-state index contributed by atoms with van der Waals surface area (Å²) < 4.78 is 38.6. The van der Waals surface area contributed by atoms with Gasteiger partial charge in [-0.25, -0.2) is 9.97 Å². The summed E-state index contributed by atoms with van der Waals surface area (Å²) in [6, 6.07) is 5.21. The maximum Gasteiger partial charge on any atom is 0.237 e.